The van der Waals surface area contributed by atoms with Gasteiger partial charge in [-0.05, 0) is 94.5 Å². The van der Waals surface area contributed by atoms with E-state index in [2.05, 4.69) is 113 Å². The lowest BCUT2D eigenvalue weighted by Gasteiger charge is -2.33. The van der Waals surface area contributed by atoms with Gasteiger partial charge in [-0.2, -0.15) is 10.2 Å². The van der Waals surface area contributed by atoms with Crippen LogP contribution in [-0.4, -0.2) is 78.5 Å². The zero-order valence-electron chi connectivity index (χ0n) is 27.8. The summed E-state index contributed by atoms with van der Waals surface area (Å²) in [4.78, 5) is 22.9. The molecule has 1 aliphatic rings. The fourth-order valence-corrected chi connectivity index (χ4v) is 5.45. The molecule has 1 aliphatic heterocycles. The van der Waals surface area contributed by atoms with Gasteiger partial charge in [-0.3, -0.25) is 9.97 Å². The summed E-state index contributed by atoms with van der Waals surface area (Å²) >= 11 is 3.40. The summed E-state index contributed by atoms with van der Waals surface area (Å²) in [5, 5.41) is 22.8. The third kappa shape index (κ3) is 8.33. The molecule has 2 N–H and O–H groups in total. The molecule has 0 amide bonds. The van der Waals surface area contributed by atoms with Crippen LogP contribution in [0.25, 0.3) is 22.1 Å². The van der Waals surface area contributed by atoms with Crippen LogP contribution in [0.4, 0.5) is 29.0 Å². The number of rotatable bonds is 7. The molecule has 13 heteroatoms. The first-order valence-corrected chi connectivity index (χ1v) is 16.8. The van der Waals surface area contributed by atoms with Crippen molar-refractivity contribution < 1.29 is 0 Å². The van der Waals surface area contributed by atoms with Crippen molar-refractivity contribution in [2.24, 2.45) is 0 Å². The second-order valence-electron chi connectivity index (χ2n) is 12.4. The van der Waals surface area contributed by atoms with Gasteiger partial charge < -0.3 is 20.4 Å². The molecule has 246 valence electrons. The Morgan fingerprint density at radius 1 is 0.604 bits per heavy atom. The van der Waals surface area contributed by atoms with Gasteiger partial charge in [0.1, 0.15) is 11.6 Å². The lowest BCUT2D eigenvalue weighted by molar-refractivity contribution is 0.313. The number of hydrogen-bond acceptors (Lipinski definition) is 12. The van der Waals surface area contributed by atoms with Gasteiger partial charge in [-0.25, -0.2) is 9.97 Å². The number of likely N-dealkylation sites (N-methyl/N-ethyl adjacent to an activating group) is 1. The van der Waals surface area contributed by atoms with E-state index in [4.69, 9.17) is 4.98 Å². The van der Waals surface area contributed by atoms with Crippen molar-refractivity contribution in [3.63, 3.8) is 0 Å². The summed E-state index contributed by atoms with van der Waals surface area (Å²) in [7, 11) is 2.16. The van der Waals surface area contributed by atoms with Gasteiger partial charge in [0.2, 0.25) is 0 Å². The predicted molar refractivity (Wildman–Crippen MR) is 195 cm³/mol. The van der Waals surface area contributed by atoms with Crippen molar-refractivity contribution in [1.82, 2.24) is 45.2 Å². The first kappa shape index (κ1) is 33.0. The fourth-order valence-electron chi connectivity index (χ4n) is 5.13. The van der Waals surface area contributed by atoms with Crippen molar-refractivity contribution >= 4 is 67.0 Å². The SMILES string of the molecule is CC(C)c1cnnc(Nc2ccc3ncc(Br)cc3n2)c1.CC(C)c1cnnc(Nc2ccc3ncc(N4CCN(C)CC4)cc3n2)c1. The van der Waals surface area contributed by atoms with Crippen LogP contribution in [0.2, 0.25) is 0 Å². The van der Waals surface area contributed by atoms with E-state index in [1.807, 2.05) is 48.7 Å². The maximum absolute atomic E-state index is 4.74. The van der Waals surface area contributed by atoms with Gasteiger partial charge in [-0.15, -0.1) is 10.2 Å². The van der Waals surface area contributed by atoms with Crippen molar-refractivity contribution in [2.45, 2.75) is 39.5 Å². The van der Waals surface area contributed by atoms with E-state index in [-0.39, 0.29) is 0 Å². The van der Waals surface area contributed by atoms with Crippen molar-refractivity contribution in [1.29, 1.82) is 0 Å². The van der Waals surface area contributed by atoms with Crippen LogP contribution in [0.5, 0.6) is 0 Å². The molecular weight excluding hydrogens is 668 g/mol. The third-order valence-corrected chi connectivity index (χ3v) is 8.53. The second kappa shape index (κ2) is 14.9. The third-order valence-electron chi connectivity index (χ3n) is 8.09. The van der Waals surface area contributed by atoms with Gasteiger partial charge in [-0.1, -0.05) is 27.7 Å². The van der Waals surface area contributed by atoms with Gasteiger partial charge in [0.05, 0.1) is 46.3 Å². The average molecular weight is 708 g/mol. The maximum Gasteiger partial charge on any atom is 0.154 e. The van der Waals surface area contributed by atoms with E-state index < -0.39 is 0 Å². The van der Waals surface area contributed by atoms with E-state index in [9.17, 15) is 0 Å². The lowest BCUT2D eigenvalue weighted by Crippen LogP contribution is -2.44. The molecule has 6 aromatic heterocycles. The minimum Gasteiger partial charge on any atom is -0.368 e. The first-order valence-electron chi connectivity index (χ1n) is 16.0. The van der Waals surface area contributed by atoms with Gasteiger partial charge in [0.15, 0.2) is 11.6 Å². The number of aromatic nitrogens is 8. The highest BCUT2D eigenvalue weighted by Gasteiger charge is 2.15. The topological polar surface area (TPSA) is 134 Å². The van der Waals surface area contributed by atoms with Crippen molar-refractivity contribution in [3.05, 3.63) is 88.9 Å². The molecule has 0 aromatic carbocycles. The Balaban J connectivity index is 0.000000173. The Hall–Kier alpha value is -4.88. The zero-order valence-corrected chi connectivity index (χ0v) is 29.3. The number of piperazine rings is 1. The molecule has 7 rings (SSSR count). The number of nitrogens with one attached hydrogen (secondary N) is 2. The van der Waals surface area contributed by atoms with Crippen molar-refractivity contribution in [3.8, 4) is 0 Å². The van der Waals surface area contributed by atoms with Crippen LogP contribution in [0.1, 0.15) is 50.7 Å². The minimum atomic E-state index is 0.404. The monoisotopic (exact) mass is 706 g/mol. The van der Waals surface area contributed by atoms with Crippen molar-refractivity contribution in [2.75, 3.05) is 48.8 Å². The van der Waals surface area contributed by atoms with Crippen LogP contribution < -0.4 is 15.5 Å². The molecule has 48 heavy (non-hydrogen) atoms. The zero-order chi connectivity index (χ0) is 33.6. The van der Waals surface area contributed by atoms with Crippen LogP contribution in [0, 0.1) is 0 Å². The summed E-state index contributed by atoms with van der Waals surface area (Å²) in [6.45, 7) is 12.7. The number of nitrogens with zero attached hydrogens (tertiary/aromatic N) is 10. The number of halogens is 1. The smallest absolute Gasteiger partial charge is 0.154 e. The Morgan fingerprint density at radius 2 is 1.12 bits per heavy atom. The van der Waals surface area contributed by atoms with Gasteiger partial charge in [0, 0.05) is 36.8 Å². The van der Waals surface area contributed by atoms with Crippen LogP contribution >= 0.6 is 15.9 Å². The molecule has 0 aliphatic carbocycles. The van der Waals surface area contributed by atoms with E-state index >= 15 is 0 Å². The number of pyridine rings is 4. The van der Waals surface area contributed by atoms with Crippen LogP contribution in [0.3, 0.4) is 0 Å². The van der Waals surface area contributed by atoms with E-state index in [0.29, 0.717) is 23.5 Å². The van der Waals surface area contributed by atoms with E-state index in [1.165, 1.54) is 0 Å². The summed E-state index contributed by atoms with van der Waals surface area (Å²) in [5.41, 5.74) is 6.85. The molecular formula is C35H39BrN12. The van der Waals surface area contributed by atoms with E-state index in [1.54, 1.807) is 18.6 Å². The number of anilines is 5. The van der Waals surface area contributed by atoms with Crippen LogP contribution in [0.15, 0.2) is 77.8 Å². The first-order chi connectivity index (χ1) is 23.2. The molecule has 1 fully saturated rings. The summed E-state index contributed by atoms with van der Waals surface area (Å²) in [6, 6.07) is 15.8. The molecule has 6 aromatic rings. The molecule has 0 radical (unpaired) electrons. The highest BCUT2D eigenvalue weighted by molar-refractivity contribution is 9.10. The molecule has 0 unspecified atom stereocenters. The number of fused-ring (bicyclic) bond motifs is 2. The normalized spacial score (nSPS) is 13.5. The fraction of sp³-hybridized carbons (Fsp3) is 0.314. The summed E-state index contributed by atoms with van der Waals surface area (Å²) in [5.74, 6) is 3.67. The van der Waals surface area contributed by atoms with E-state index in [0.717, 1.165) is 81.2 Å². The molecule has 0 bridgehead atoms. The highest BCUT2D eigenvalue weighted by atomic mass is 79.9. The quantitative estimate of drug-likeness (QED) is 0.176. The molecule has 12 nitrogen and oxygen atoms in total. The van der Waals surface area contributed by atoms with Crippen LogP contribution in [-0.2, 0) is 0 Å². The highest BCUT2D eigenvalue weighted by Crippen LogP contribution is 2.24. The molecule has 1 saturated heterocycles. The summed E-state index contributed by atoms with van der Waals surface area (Å²) < 4.78 is 0.904. The molecule has 7 heterocycles. The Kier molecular flexibility index (Phi) is 10.3. The molecule has 0 spiro atoms. The van der Waals surface area contributed by atoms with Gasteiger partial charge >= 0.3 is 0 Å². The average Bonchev–Trinajstić information content (AvgIpc) is 3.08. The maximum atomic E-state index is 4.74. The molecule has 0 atom stereocenters. The Labute approximate surface area is 288 Å². The lowest BCUT2D eigenvalue weighted by atomic mass is 10.1. The standard InChI is InChI=1S/C20H25N7.C15H14BrN5/c1-14(2)15-10-20(25-22-12-15)24-19-5-4-17-18(23-19)11-16(13-21-17)27-8-6-26(3)7-9-27;1-9(2)10-5-15(21-18-7-10)20-14-4-3-12-13(19-14)6-11(16)8-17-12/h4-5,10-14H,6-9H2,1-3H3,(H,23,24,25);3-9H,1-2H3,(H,19,20,21). The Morgan fingerprint density at radius 3 is 1.67 bits per heavy atom. The van der Waals surface area contributed by atoms with Gasteiger partial charge in [0.25, 0.3) is 0 Å². The molecule has 0 saturated carbocycles. The Bertz CT molecular complexity index is 2010. The minimum absolute atomic E-state index is 0.404. The number of hydrogen-bond donors (Lipinski definition) is 2. The summed E-state index contributed by atoms with van der Waals surface area (Å²) in [6.07, 6.45) is 7.29. The largest absolute Gasteiger partial charge is 0.368 e. The second-order valence-corrected chi connectivity index (χ2v) is 13.3. The predicted octanol–water partition coefficient (Wildman–Crippen LogP) is 7.09.